The van der Waals surface area contributed by atoms with Crippen molar-refractivity contribution < 1.29 is 125 Å². The Balaban J connectivity index is 1.58. The molecule has 0 fully saturated rings. The van der Waals surface area contributed by atoms with Gasteiger partial charge >= 0.3 is 23.9 Å². The summed E-state index contributed by atoms with van der Waals surface area (Å²) in [5.74, 6) is -4.47. The van der Waals surface area contributed by atoms with Gasteiger partial charge in [0.25, 0.3) is 17.7 Å². The van der Waals surface area contributed by atoms with E-state index < -0.39 is 61.4 Å². The number of carbonyl (C=O) groups excluding carboxylic acids is 4. The quantitative estimate of drug-likeness (QED) is 0.0347. The molecule has 0 unspecified atom stereocenters. The fraction of sp³-hybridized carbons (Fsp3) is 0.576. The average Bonchev–Trinajstić information content (AvgIpc) is 1.82. The second-order valence-corrected chi connectivity index (χ2v) is 18.2. The fourth-order valence-electron chi connectivity index (χ4n) is 6.83. The summed E-state index contributed by atoms with van der Waals surface area (Å²) < 4.78 is 88.1. The maximum absolute atomic E-state index is 13.7. The molecule has 3 amide bonds. The molecule has 3 aromatic carbocycles. The van der Waals surface area contributed by atoms with Crippen LogP contribution in [0.2, 0.25) is 0 Å². The molecule has 29 heteroatoms. The Hall–Kier alpha value is -7.13. The zero-order chi connectivity index (χ0) is 63.3. The Morgan fingerprint density at radius 3 is 0.932 bits per heavy atom. The van der Waals surface area contributed by atoms with Crippen LogP contribution >= 0.6 is 0 Å². The molecule has 0 bridgehead atoms. The third-order valence-corrected chi connectivity index (χ3v) is 11.1. The average molecular weight is 1250 g/mol. The van der Waals surface area contributed by atoms with Crippen molar-refractivity contribution in [2.45, 2.75) is 25.9 Å². The predicted molar refractivity (Wildman–Crippen MR) is 310 cm³/mol. The smallest absolute Gasteiger partial charge is 0.338 e. The molecular weight excluding hydrogens is 1170 g/mol. The number of benzene rings is 3. The number of hydrogen-bond donors (Lipinski definition) is 6. The van der Waals surface area contributed by atoms with E-state index in [4.69, 9.17) is 91.1 Å². The summed E-state index contributed by atoms with van der Waals surface area (Å²) in [7, 11) is 0. The van der Waals surface area contributed by atoms with Crippen LogP contribution in [0.4, 0.5) is 0 Å². The van der Waals surface area contributed by atoms with E-state index in [2.05, 4.69) is 16.0 Å². The van der Waals surface area contributed by atoms with Crippen LogP contribution in [0.15, 0.2) is 66.7 Å². The standard InChI is InChI=1S/C59H85N3O26/c63-53(60-9-15-76-21-27-82-33-30-79-24-18-73-12-6-56(66)67)43-85-50-37-47(36-49(40-50)59(72)88-42-46-4-2-1-3-5-46)48-38-51(86-44-54(64)61-10-16-77-22-28-83-34-31-80-25-19-74-13-7-57(68)69)41-52(39-48)87-45-55(65)62-11-17-78-23-29-84-35-32-81-26-20-75-14-8-58(70)71/h1-5,36-41H,6-35,42-45H2,(H,60,63)(H,61,64)(H,62,65)(H,66,67)(H,68,69)(H,70,71). The molecular formula is C59H85N3O26. The SMILES string of the molecule is O=C(O)CCOCCOCCOCCOCCNC(=O)COc1cc(OCC(=O)NCCOCCOCCOCCOCCC(=O)O)cc(-c2cc(OCC(=O)NCCOCCOCCOCCOCCC(=O)O)cc(C(=O)OCc3ccccc3)c2)c1. The molecule has 0 aliphatic heterocycles. The van der Waals surface area contributed by atoms with Crippen molar-refractivity contribution in [3.63, 3.8) is 0 Å². The molecule has 492 valence electrons. The van der Waals surface area contributed by atoms with Gasteiger partial charge in [0.2, 0.25) is 0 Å². The Morgan fingerprint density at radius 2 is 0.614 bits per heavy atom. The van der Waals surface area contributed by atoms with Crippen LogP contribution in [-0.2, 0) is 97.0 Å². The molecule has 0 saturated carbocycles. The van der Waals surface area contributed by atoms with Crippen LogP contribution in [0.1, 0.15) is 35.2 Å². The highest BCUT2D eigenvalue weighted by atomic mass is 16.6. The monoisotopic (exact) mass is 1250 g/mol. The van der Waals surface area contributed by atoms with Crippen molar-refractivity contribution in [1.29, 1.82) is 0 Å². The van der Waals surface area contributed by atoms with Gasteiger partial charge in [-0.25, -0.2) is 4.79 Å². The lowest BCUT2D eigenvalue weighted by atomic mass is 10.0. The van der Waals surface area contributed by atoms with Crippen molar-refractivity contribution in [3.05, 3.63) is 77.9 Å². The Bertz CT molecular complexity index is 2320. The van der Waals surface area contributed by atoms with E-state index in [9.17, 15) is 33.6 Å². The number of nitrogens with one attached hydrogen (secondary N) is 3. The van der Waals surface area contributed by atoms with E-state index >= 15 is 0 Å². The van der Waals surface area contributed by atoms with Crippen LogP contribution in [0, 0.1) is 0 Å². The second-order valence-electron chi connectivity index (χ2n) is 18.2. The van der Waals surface area contributed by atoms with Crippen molar-refractivity contribution in [3.8, 4) is 28.4 Å². The first-order valence-corrected chi connectivity index (χ1v) is 28.7. The minimum atomic E-state index is -0.932. The molecule has 3 rings (SSSR count). The number of aliphatic carboxylic acids is 3. The molecule has 0 atom stereocenters. The van der Waals surface area contributed by atoms with Crippen LogP contribution in [0.25, 0.3) is 11.1 Å². The molecule has 0 saturated heterocycles. The zero-order valence-corrected chi connectivity index (χ0v) is 49.6. The van der Waals surface area contributed by atoms with Gasteiger partial charge < -0.3 is 107 Å². The van der Waals surface area contributed by atoms with Crippen molar-refractivity contribution in [2.24, 2.45) is 0 Å². The Morgan fingerprint density at radius 1 is 0.330 bits per heavy atom. The molecule has 0 aromatic heterocycles. The van der Waals surface area contributed by atoms with Crippen LogP contribution in [0.3, 0.4) is 0 Å². The third kappa shape index (κ3) is 41.9. The van der Waals surface area contributed by atoms with Crippen LogP contribution in [-0.4, -0.2) is 255 Å². The van der Waals surface area contributed by atoms with E-state index in [0.717, 1.165) is 5.56 Å². The van der Waals surface area contributed by atoms with Crippen molar-refractivity contribution in [2.75, 3.05) is 198 Å². The first-order valence-electron chi connectivity index (χ1n) is 28.7. The minimum absolute atomic E-state index is 0.0326. The van der Waals surface area contributed by atoms with Gasteiger partial charge in [0, 0.05) is 25.7 Å². The van der Waals surface area contributed by atoms with Gasteiger partial charge in [-0.2, -0.15) is 0 Å². The number of ether oxygens (including phenoxy) is 16. The van der Waals surface area contributed by atoms with E-state index in [0.29, 0.717) is 70.6 Å². The summed E-state index contributed by atoms with van der Waals surface area (Å²) in [6, 6.07) is 18.3. The minimum Gasteiger partial charge on any atom is -0.484 e. The van der Waals surface area contributed by atoms with E-state index in [-0.39, 0.29) is 167 Å². The molecule has 3 aromatic rings. The van der Waals surface area contributed by atoms with Crippen LogP contribution in [0.5, 0.6) is 17.2 Å². The van der Waals surface area contributed by atoms with Gasteiger partial charge in [-0.3, -0.25) is 28.8 Å². The summed E-state index contributed by atoms with van der Waals surface area (Å²) >= 11 is 0. The highest BCUT2D eigenvalue weighted by molar-refractivity contribution is 5.92. The summed E-state index contributed by atoms with van der Waals surface area (Å²) in [5.41, 5.74) is 1.62. The zero-order valence-electron chi connectivity index (χ0n) is 49.6. The largest absolute Gasteiger partial charge is 0.484 e. The molecule has 29 nitrogen and oxygen atoms in total. The van der Waals surface area contributed by atoms with Gasteiger partial charge in [0.15, 0.2) is 19.8 Å². The van der Waals surface area contributed by atoms with E-state index in [1.807, 2.05) is 18.2 Å². The molecule has 0 radical (unpaired) electrons. The normalized spacial score (nSPS) is 11.0. The molecule has 6 N–H and O–H groups in total. The first kappa shape index (κ1) is 75.1. The van der Waals surface area contributed by atoms with Crippen molar-refractivity contribution >= 4 is 41.6 Å². The van der Waals surface area contributed by atoms with Gasteiger partial charge in [-0.15, -0.1) is 0 Å². The Labute approximate surface area is 510 Å². The predicted octanol–water partition coefficient (Wildman–Crippen LogP) is 1.82. The van der Waals surface area contributed by atoms with Gasteiger partial charge in [-0.05, 0) is 47.0 Å². The number of rotatable bonds is 58. The highest BCUT2D eigenvalue weighted by Gasteiger charge is 2.17. The fourth-order valence-corrected chi connectivity index (χ4v) is 6.83. The number of esters is 1. The van der Waals surface area contributed by atoms with Crippen molar-refractivity contribution in [1.82, 2.24) is 16.0 Å². The number of carbonyl (C=O) groups is 7. The first-order chi connectivity index (χ1) is 42.9. The number of carboxylic acids is 3. The topological polar surface area (TPSA) is 364 Å². The molecule has 88 heavy (non-hydrogen) atoms. The maximum atomic E-state index is 13.7. The number of hydrogen-bond acceptors (Lipinski definition) is 23. The summed E-state index contributed by atoms with van der Waals surface area (Å²) in [6.07, 6.45) is -0.222. The summed E-state index contributed by atoms with van der Waals surface area (Å²) in [5, 5.41) is 34.1. The van der Waals surface area contributed by atoms with Gasteiger partial charge in [0.05, 0.1) is 183 Å². The third-order valence-electron chi connectivity index (χ3n) is 11.1. The second kappa shape index (κ2) is 50.8. The summed E-state index contributed by atoms with van der Waals surface area (Å²) in [6.45, 7) is 5.35. The Kier molecular flexibility index (Phi) is 43.4. The van der Waals surface area contributed by atoms with Gasteiger partial charge in [-0.1, -0.05) is 30.3 Å². The van der Waals surface area contributed by atoms with E-state index in [1.54, 1.807) is 36.4 Å². The van der Waals surface area contributed by atoms with Crippen LogP contribution < -0.4 is 30.2 Å². The lowest BCUT2D eigenvalue weighted by molar-refractivity contribution is -0.139. The maximum Gasteiger partial charge on any atom is 0.338 e. The highest BCUT2D eigenvalue weighted by Crippen LogP contribution is 2.33. The molecule has 0 aliphatic rings. The lowest BCUT2D eigenvalue weighted by Gasteiger charge is -2.15. The summed E-state index contributed by atoms with van der Waals surface area (Å²) in [4.78, 5) is 84.1. The molecule has 0 spiro atoms. The molecule has 0 aliphatic carbocycles. The van der Waals surface area contributed by atoms with E-state index in [1.165, 1.54) is 12.1 Å². The number of carboxylic acid groups (broad SMARTS) is 3. The number of amides is 3. The molecule has 0 heterocycles. The van der Waals surface area contributed by atoms with Gasteiger partial charge in [0.1, 0.15) is 23.9 Å². The lowest BCUT2D eigenvalue weighted by Crippen LogP contribution is -2.32.